The van der Waals surface area contributed by atoms with Crippen molar-refractivity contribution in [3.05, 3.63) is 444 Å². The van der Waals surface area contributed by atoms with Gasteiger partial charge >= 0.3 is 0 Å². The van der Waals surface area contributed by atoms with Gasteiger partial charge in [0.25, 0.3) is 6.71 Å². The maximum absolute atomic E-state index is 6.65. The molecule has 604 valence electrons. The van der Waals surface area contributed by atoms with Gasteiger partial charge in [-0.3, -0.25) is 0 Å². The van der Waals surface area contributed by atoms with E-state index in [2.05, 4.69) is 423 Å². The summed E-state index contributed by atoms with van der Waals surface area (Å²) in [5.74, 6) is 0.140. The number of para-hydroxylation sites is 5. The van der Waals surface area contributed by atoms with Gasteiger partial charge in [-0.25, -0.2) is 0 Å². The van der Waals surface area contributed by atoms with Crippen LogP contribution >= 0.6 is 0 Å². The van der Waals surface area contributed by atoms with E-state index in [0.29, 0.717) is 0 Å². The van der Waals surface area contributed by atoms with E-state index in [1.807, 2.05) is 0 Å². The normalized spacial score (nSPS) is 18.3. The zero-order valence-corrected chi connectivity index (χ0v) is 71.1. The van der Waals surface area contributed by atoms with Crippen LogP contribution in [0.2, 0.25) is 0 Å². The first-order chi connectivity index (χ1) is 61.6. The third-order valence-corrected chi connectivity index (χ3v) is 27.5. The topological polar surface area (TPSA) is 39.2 Å². The smallest absolute Gasteiger partial charge is 0.252 e. The molecule has 7 aliphatic carbocycles. The molecule has 6 nitrogen and oxygen atoms in total. The first-order valence-corrected chi connectivity index (χ1v) is 45.2. The summed E-state index contributed by atoms with van der Waals surface area (Å²) in [5.41, 5.74) is 38.8. The highest BCUT2D eigenvalue weighted by Gasteiger charge is 2.49. The van der Waals surface area contributed by atoms with E-state index in [0.717, 1.165) is 154 Å². The van der Waals surface area contributed by atoms with Crippen LogP contribution in [0.3, 0.4) is 0 Å². The number of allylic oxidation sites excluding steroid dienone is 24. The average molecular weight is 1610 g/mol. The molecule has 0 radical (unpaired) electrons. The summed E-state index contributed by atoms with van der Waals surface area (Å²) in [4.78, 5) is 10.7. The molecule has 3 unspecified atom stereocenters. The standard InChI is InChI=1S/C118H97BN4O2/c1-118(2,3)90-72-109-115-110(73-90)123(117-99(88-46-28-42-84(70-88)80-36-14-6-15-37-80)56-31-57-100(117)89-47-29-43-85(71-89)81-38-16-7-17-39-81)108-77-96(121(92-50-20-9-21-51-92)94-63-67-114-104(75-94)102-53-23-25-59-112(102)125-114)61-65-106(108)119(115)105-64-60-95(120(91-48-18-8-19-49-91)93-62-66-113-103(74-93)101-52-22-24-58-111(101)124-113)76-107(105)122(109)116-97(86-44-26-40-82(68-86)78-32-10-4-11-33-78)54-30-55-98(116)87-45-27-41-83(69-87)79-34-12-5-13-35-79/h4-12,14-16,18-26,30-32,34,36-38,40-42,44,47-78,100,117H,13,17,27-29,33,35,39,43,45-46H2,1-3H3. The van der Waals surface area contributed by atoms with Crippen LogP contribution in [-0.2, 0) is 5.41 Å². The second-order valence-electron chi connectivity index (χ2n) is 36.0. The Balaban J connectivity index is 0.839. The third-order valence-electron chi connectivity index (χ3n) is 27.5. The summed E-state index contributed by atoms with van der Waals surface area (Å²) in [6, 6.07) is 101. The van der Waals surface area contributed by atoms with Gasteiger partial charge < -0.3 is 28.4 Å². The molecule has 4 heterocycles. The Morgan fingerprint density at radius 3 is 1.61 bits per heavy atom. The fourth-order valence-electron chi connectivity index (χ4n) is 21.4. The number of hydrogen-bond donors (Lipinski definition) is 0. The Morgan fingerprint density at radius 1 is 0.376 bits per heavy atom. The molecule has 23 rings (SSSR count). The molecular formula is C118H97BN4O2. The lowest BCUT2D eigenvalue weighted by atomic mass is 9.33. The molecule has 0 spiro atoms. The Bertz CT molecular complexity index is 7210. The molecule has 9 aliphatic rings. The van der Waals surface area contributed by atoms with Crippen molar-refractivity contribution in [1.82, 2.24) is 0 Å². The van der Waals surface area contributed by atoms with Crippen molar-refractivity contribution in [2.45, 2.75) is 109 Å². The fraction of sp³-hybridized carbons (Fsp3) is 0.153. The first kappa shape index (κ1) is 75.8. The summed E-state index contributed by atoms with van der Waals surface area (Å²) in [6.07, 6.45) is 56.7. The van der Waals surface area contributed by atoms with Gasteiger partial charge in [0.05, 0.1) is 11.7 Å². The maximum Gasteiger partial charge on any atom is 0.252 e. The molecule has 3 atom stereocenters. The second kappa shape index (κ2) is 31.6. The third kappa shape index (κ3) is 13.7. The minimum atomic E-state index is -0.368. The summed E-state index contributed by atoms with van der Waals surface area (Å²) in [5, 5.41) is 4.34. The Morgan fingerprint density at radius 2 is 0.936 bits per heavy atom. The number of furan rings is 2. The molecule has 0 N–H and O–H groups in total. The highest BCUT2D eigenvalue weighted by molar-refractivity contribution is 7.00. The van der Waals surface area contributed by atoms with E-state index >= 15 is 0 Å². The van der Waals surface area contributed by atoms with E-state index < -0.39 is 0 Å². The molecule has 0 saturated carbocycles. The Kier molecular flexibility index (Phi) is 19.2. The van der Waals surface area contributed by atoms with E-state index in [4.69, 9.17) is 8.83 Å². The van der Waals surface area contributed by atoms with Crippen LogP contribution in [-0.4, -0.2) is 12.8 Å². The predicted octanol–water partition coefficient (Wildman–Crippen LogP) is 30.3. The van der Waals surface area contributed by atoms with Gasteiger partial charge in [0.2, 0.25) is 0 Å². The molecule has 2 aliphatic heterocycles. The van der Waals surface area contributed by atoms with Crippen molar-refractivity contribution in [2.24, 2.45) is 5.92 Å². The van der Waals surface area contributed by atoms with E-state index in [1.54, 1.807) is 0 Å². The molecule has 14 aromatic rings. The van der Waals surface area contributed by atoms with Gasteiger partial charge in [-0.1, -0.05) is 294 Å². The van der Waals surface area contributed by atoms with Crippen molar-refractivity contribution in [1.29, 1.82) is 0 Å². The number of rotatable bonds is 16. The number of fused-ring (bicyclic) bond motifs is 10. The van der Waals surface area contributed by atoms with Gasteiger partial charge in [-0.05, 0) is 274 Å². The van der Waals surface area contributed by atoms with Crippen LogP contribution in [0.5, 0.6) is 0 Å². The summed E-state index contributed by atoms with van der Waals surface area (Å²) in [6.45, 7) is 7.04. The lowest BCUT2D eigenvalue weighted by Gasteiger charge is -2.50. The number of nitrogens with zero attached hydrogens (tertiary/aromatic N) is 4. The molecule has 0 saturated heterocycles. The number of benzene rings is 12. The summed E-state index contributed by atoms with van der Waals surface area (Å²) >= 11 is 0. The first-order valence-electron chi connectivity index (χ1n) is 45.2. The van der Waals surface area contributed by atoms with Crippen LogP contribution in [0.25, 0.3) is 66.2 Å². The van der Waals surface area contributed by atoms with E-state index in [-0.39, 0.29) is 30.0 Å². The number of hydrogen-bond acceptors (Lipinski definition) is 6. The largest absolute Gasteiger partial charge is 0.456 e. The highest BCUT2D eigenvalue weighted by atomic mass is 16.3. The van der Waals surface area contributed by atoms with Crippen LogP contribution in [0.4, 0.5) is 62.6 Å². The molecular weight excluding hydrogens is 1520 g/mol. The minimum Gasteiger partial charge on any atom is -0.456 e. The molecule has 12 aromatic carbocycles. The molecule has 7 heteroatoms. The van der Waals surface area contributed by atoms with Gasteiger partial charge in [0.15, 0.2) is 0 Å². The van der Waals surface area contributed by atoms with Crippen molar-refractivity contribution >= 4 is 141 Å². The van der Waals surface area contributed by atoms with Gasteiger partial charge in [0, 0.05) is 101 Å². The van der Waals surface area contributed by atoms with Crippen LogP contribution in [0.15, 0.2) is 430 Å². The zero-order chi connectivity index (χ0) is 83.2. The van der Waals surface area contributed by atoms with Crippen LogP contribution in [0, 0.1) is 5.92 Å². The van der Waals surface area contributed by atoms with Crippen LogP contribution in [0.1, 0.15) is 120 Å². The van der Waals surface area contributed by atoms with Crippen molar-refractivity contribution in [2.75, 3.05) is 19.6 Å². The SMILES string of the molecule is CC(C)(C)c1cc2c3c(c1)N(C1C(C4=CC(c5ccccc5)=CCC4)=CC=CC1C1=CCCC(C4=CC=CCC4)=C1)c1cc(N(c4ccccc4)c4ccc5oc6ccccc6c5c4)ccc1B3c1ccc(N(c3ccccc3)c3ccc4oc5ccccc5c4c3)cc1N2c1c(C2=CC(C3=CC=CCC3)=CCC2)cccc1-c1cccc(C2C=CC=CC2)c1. The van der Waals surface area contributed by atoms with Crippen molar-refractivity contribution < 1.29 is 8.83 Å². The van der Waals surface area contributed by atoms with E-state index in [1.165, 1.54) is 123 Å². The molecule has 0 amide bonds. The van der Waals surface area contributed by atoms with Gasteiger partial charge in [-0.15, -0.1) is 0 Å². The molecule has 125 heavy (non-hydrogen) atoms. The lowest BCUT2D eigenvalue weighted by Crippen LogP contribution is -2.63. The monoisotopic (exact) mass is 1610 g/mol. The van der Waals surface area contributed by atoms with Gasteiger partial charge in [-0.2, -0.15) is 0 Å². The molecule has 0 fully saturated rings. The lowest BCUT2D eigenvalue weighted by molar-refractivity contribution is 0.587. The number of anilines is 11. The van der Waals surface area contributed by atoms with Gasteiger partial charge in [0.1, 0.15) is 22.3 Å². The second-order valence-corrected chi connectivity index (χ2v) is 36.0. The minimum absolute atomic E-state index is 0.0943. The van der Waals surface area contributed by atoms with Crippen LogP contribution < -0.4 is 36.0 Å². The summed E-state index contributed by atoms with van der Waals surface area (Å²) in [7, 11) is 0. The molecule has 2 aromatic heterocycles. The van der Waals surface area contributed by atoms with Crippen molar-refractivity contribution in [3.8, 4) is 11.1 Å². The fourth-order valence-corrected chi connectivity index (χ4v) is 21.4. The van der Waals surface area contributed by atoms with Crippen molar-refractivity contribution in [3.63, 3.8) is 0 Å². The Labute approximate surface area is 733 Å². The highest BCUT2D eigenvalue weighted by Crippen LogP contribution is 2.56. The quantitative estimate of drug-likeness (QED) is 0.0898. The zero-order valence-electron chi connectivity index (χ0n) is 71.1. The van der Waals surface area contributed by atoms with E-state index in [9.17, 15) is 0 Å². The molecule has 0 bridgehead atoms. The average Bonchev–Trinajstić information content (AvgIpc) is 1.11. The maximum atomic E-state index is 6.65. The predicted molar refractivity (Wildman–Crippen MR) is 528 cm³/mol. The summed E-state index contributed by atoms with van der Waals surface area (Å²) < 4.78 is 13.3. The Hall–Kier alpha value is -14.1.